The highest BCUT2D eigenvalue weighted by Crippen LogP contribution is 2.27. The lowest BCUT2D eigenvalue weighted by Gasteiger charge is -2.31. The van der Waals surface area contributed by atoms with Gasteiger partial charge in [-0.15, -0.1) is 0 Å². The molecular formula is C23H31N3O3S. The van der Waals surface area contributed by atoms with Gasteiger partial charge in [0, 0.05) is 31.9 Å². The van der Waals surface area contributed by atoms with Crippen molar-refractivity contribution in [1.82, 2.24) is 9.62 Å². The van der Waals surface area contributed by atoms with E-state index in [0.29, 0.717) is 26.2 Å². The average molecular weight is 430 g/mol. The first-order valence-corrected chi connectivity index (χ1v) is 12.0. The Kier molecular flexibility index (Phi) is 7.15. The van der Waals surface area contributed by atoms with Crippen LogP contribution in [0.25, 0.3) is 0 Å². The number of aryl methyl sites for hydroxylation is 2. The second-order valence-corrected chi connectivity index (χ2v) is 9.61. The minimum absolute atomic E-state index is 0.0386. The smallest absolute Gasteiger partial charge is 0.243 e. The van der Waals surface area contributed by atoms with Crippen molar-refractivity contribution >= 4 is 21.6 Å². The van der Waals surface area contributed by atoms with Gasteiger partial charge < -0.3 is 10.2 Å². The second-order valence-electron chi connectivity index (χ2n) is 7.67. The Labute approximate surface area is 179 Å². The van der Waals surface area contributed by atoms with E-state index in [1.165, 1.54) is 15.4 Å². The van der Waals surface area contributed by atoms with Crippen molar-refractivity contribution in [2.75, 3.05) is 31.1 Å². The summed E-state index contributed by atoms with van der Waals surface area (Å²) in [5, 5.41) is 2.95. The monoisotopic (exact) mass is 429 g/mol. The van der Waals surface area contributed by atoms with Crippen LogP contribution in [0.15, 0.2) is 47.4 Å². The number of nitrogens with zero attached hydrogens (tertiary/aromatic N) is 2. The summed E-state index contributed by atoms with van der Waals surface area (Å²) in [5.41, 5.74) is 4.56. The number of rotatable bonds is 8. The van der Waals surface area contributed by atoms with Crippen LogP contribution < -0.4 is 10.2 Å². The molecule has 6 nitrogen and oxygen atoms in total. The Balaban J connectivity index is 1.58. The first-order chi connectivity index (χ1) is 14.3. The highest BCUT2D eigenvalue weighted by molar-refractivity contribution is 7.89. The molecule has 162 valence electrons. The Morgan fingerprint density at radius 3 is 2.47 bits per heavy atom. The molecule has 1 amide bonds. The van der Waals surface area contributed by atoms with Crippen LogP contribution in [-0.4, -0.2) is 44.8 Å². The molecule has 0 fully saturated rings. The highest BCUT2D eigenvalue weighted by atomic mass is 32.2. The van der Waals surface area contributed by atoms with Crippen molar-refractivity contribution in [2.45, 2.75) is 45.1 Å². The number of fused-ring (bicyclic) bond motifs is 1. The molecule has 2 aromatic rings. The lowest BCUT2D eigenvalue weighted by atomic mass is 9.99. The van der Waals surface area contributed by atoms with Crippen LogP contribution in [0.4, 0.5) is 5.69 Å². The molecule has 0 aromatic heterocycles. The van der Waals surface area contributed by atoms with Gasteiger partial charge in [-0.25, -0.2) is 8.42 Å². The Morgan fingerprint density at radius 1 is 1.10 bits per heavy atom. The van der Waals surface area contributed by atoms with Gasteiger partial charge in [-0.2, -0.15) is 4.31 Å². The number of anilines is 1. The molecule has 1 N–H and O–H groups in total. The number of carbonyl (C=O) groups excluding carboxylic acids is 1. The Hall–Kier alpha value is -2.38. The molecule has 0 aliphatic carbocycles. The molecule has 0 unspecified atom stereocenters. The van der Waals surface area contributed by atoms with Crippen LogP contribution >= 0.6 is 0 Å². The van der Waals surface area contributed by atoms with Crippen LogP contribution in [0.5, 0.6) is 0 Å². The highest BCUT2D eigenvalue weighted by Gasteiger charge is 2.21. The number of hydrogen-bond donors (Lipinski definition) is 1. The van der Waals surface area contributed by atoms with Gasteiger partial charge in [-0.05, 0) is 49.1 Å². The molecule has 30 heavy (non-hydrogen) atoms. The molecular weight excluding hydrogens is 398 g/mol. The third-order valence-corrected chi connectivity index (χ3v) is 7.60. The standard InChI is InChI=1S/C23H31N3O3S/c1-4-26(5-2)30(28,29)21-11-9-19(10-12-21)16-24-23(27)17-25-14-6-7-20-15-18(3)8-13-22(20)25/h8-13,15H,4-7,14,16-17H2,1-3H3,(H,24,27). The maximum Gasteiger partial charge on any atom is 0.243 e. The van der Waals surface area contributed by atoms with Gasteiger partial charge in [0.15, 0.2) is 0 Å². The zero-order valence-electron chi connectivity index (χ0n) is 18.0. The predicted octanol–water partition coefficient (Wildman–Crippen LogP) is 3.09. The van der Waals surface area contributed by atoms with Crippen LogP contribution in [-0.2, 0) is 27.8 Å². The first-order valence-electron chi connectivity index (χ1n) is 10.6. The number of sulfonamides is 1. The van der Waals surface area contributed by atoms with Gasteiger partial charge in [0.25, 0.3) is 0 Å². The largest absolute Gasteiger partial charge is 0.362 e. The molecule has 3 rings (SSSR count). The van der Waals surface area contributed by atoms with Gasteiger partial charge in [0.1, 0.15) is 0 Å². The van der Waals surface area contributed by atoms with Crippen LogP contribution in [0.3, 0.4) is 0 Å². The third-order valence-electron chi connectivity index (χ3n) is 5.54. The molecule has 0 saturated heterocycles. The van der Waals surface area contributed by atoms with Crippen LogP contribution in [0, 0.1) is 6.92 Å². The van der Waals surface area contributed by atoms with Crippen LogP contribution in [0.2, 0.25) is 0 Å². The number of benzene rings is 2. The maximum atomic E-state index is 12.6. The van der Waals surface area contributed by atoms with Crippen molar-refractivity contribution in [3.8, 4) is 0 Å². The summed E-state index contributed by atoms with van der Waals surface area (Å²) in [4.78, 5) is 14.9. The van der Waals surface area contributed by atoms with Crippen molar-refractivity contribution in [2.24, 2.45) is 0 Å². The molecule has 2 aromatic carbocycles. The fourth-order valence-corrected chi connectivity index (χ4v) is 5.35. The van der Waals surface area contributed by atoms with Crippen LogP contribution in [0.1, 0.15) is 37.0 Å². The predicted molar refractivity (Wildman–Crippen MR) is 120 cm³/mol. The van der Waals surface area contributed by atoms with E-state index in [-0.39, 0.29) is 10.8 Å². The van der Waals surface area contributed by atoms with E-state index in [4.69, 9.17) is 0 Å². The van der Waals surface area contributed by atoms with Gasteiger partial charge >= 0.3 is 0 Å². The summed E-state index contributed by atoms with van der Waals surface area (Å²) in [6.45, 7) is 8.20. The molecule has 1 aliphatic heterocycles. The van der Waals surface area contributed by atoms with Gasteiger partial charge in [-0.1, -0.05) is 43.7 Å². The fraction of sp³-hybridized carbons (Fsp3) is 0.435. The molecule has 0 spiro atoms. The molecule has 7 heteroatoms. The quantitative estimate of drug-likeness (QED) is 0.700. The fourth-order valence-electron chi connectivity index (χ4n) is 3.89. The Bertz CT molecular complexity index is 983. The summed E-state index contributed by atoms with van der Waals surface area (Å²) in [7, 11) is -3.46. The van der Waals surface area contributed by atoms with E-state index in [2.05, 4.69) is 35.3 Å². The summed E-state index contributed by atoms with van der Waals surface area (Å²) in [5.74, 6) is -0.0386. The van der Waals surface area contributed by atoms with Crippen molar-refractivity contribution < 1.29 is 13.2 Å². The van der Waals surface area contributed by atoms with Crippen molar-refractivity contribution in [3.05, 3.63) is 59.2 Å². The molecule has 0 bridgehead atoms. The number of hydrogen-bond acceptors (Lipinski definition) is 4. The molecule has 1 aliphatic rings. The molecule has 0 atom stereocenters. The maximum absolute atomic E-state index is 12.6. The number of nitrogens with one attached hydrogen (secondary N) is 1. The first kappa shape index (κ1) is 22.3. The van der Waals surface area contributed by atoms with E-state index in [0.717, 1.165) is 30.6 Å². The average Bonchev–Trinajstić information content (AvgIpc) is 2.73. The SMILES string of the molecule is CCN(CC)S(=O)(=O)c1ccc(CNC(=O)CN2CCCc3cc(C)ccc32)cc1. The summed E-state index contributed by atoms with van der Waals surface area (Å²) < 4.78 is 26.6. The minimum atomic E-state index is -3.46. The van der Waals surface area contributed by atoms with Gasteiger partial charge in [-0.3, -0.25) is 4.79 Å². The molecule has 1 heterocycles. The molecule has 0 saturated carbocycles. The van der Waals surface area contributed by atoms with Crippen molar-refractivity contribution in [1.29, 1.82) is 0 Å². The van der Waals surface area contributed by atoms with E-state index in [9.17, 15) is 13.2 Å². The molecule has 0 radical (unpaired) electrons. The van der Waals surface area contributed by atoms with Gasteiger partial charge in [0.05, 0.1) is 11.4 Å². The second kappa shape index (κ2) is 9.62. The van der Waals surface area contributed by atoms with E-state index >= 15 is 0 Å². The van der Waals surface area contributed by atoms with E-state index in [1.807, 2.05) is 13.8 Å². The zero-order valence-corrected chi connectivity index (χ0v) is 18.8. The third kappa shape index (κ3) is 5.02. The summed E-state index contributed by atoms with van der Waals surface area (Å²) in [6, 6.07) is 13.1. The normalized spacial score (nSPS) is 13.9. The lowest BCUT2D eigenvalue weighted by molar-refractivity contribution is -0.119. The number of carbonyl (C=O) groups is 1. The van der Waals surface area contributed by atoms with E-state index in [1.54, 1.807) is 24.3 Å². The summed E-state index contributed by atoms with van der Waals surface area (Å²) >= 11 is 0. The van der Waals surface area contributed by atoms with Crippen molar-refractivity contribution in [3.63, 3.8) is 0 Å². The topological polar surface area (TPSA) is 69.7 Å². The van der Waals surface area contributed by atoms with Gasteiger partial charge in [0.2, 0.25) is 15.9 Å². The Morgan fingerprint density at radius 2 is 1.80 bits per heavy atom. The minimum Gasteiger partial charge on any atom is -0.362 e. The zero-order chi connectivity index (χ0) is 21.7. The summed E-state index contributed by atoms with van der Waals surface area (Å²) in [6.07, 6.45) is 2.10. The van der Waals surface area contributed by atoms with E-state index < -0.39 is 10.0 Å². The number of amides is 1. The lowest BCUT2D eigenvalue weighted by Crippen LogP contribution is -2.39.